The maximum atomic E-state index is 2.51. The van der Waals surface area contributed by atoms with Gasteiger partial charge in [0.1, 0.15) is 0 Å². The topological polar surface area (TPSA) is 0 Å². The Morgan fingerprint density at radius 3 is 2.13 bits per heavy atom. The van der Waals surface area contributed by atoms with Gasteiger partial charge < -0.3 is 0 Å². The highest BCUT2D eigenvalue weighted by molar-refractivity contribution is 5.19. The van der Waals surface area contributed by atoms with Crippen LogP contribution in [0.25, 0.3) is 0 Å². The third kappa shape index (κ3) is 1.47. The molecular formula is C15H28. The van der Waals surface area contributed by atoms with Crippen molar-refractivity contribution in [2.45, 2.75) is 60.8 Å². The van der Waals surface area contributed by atoms with Gasteiger partial charge in [0, 0.05) is 0 Å². The van der Waals surface area contributed by atoms with Gasteiger partial charge in [-0.15, -0.1) is 0 Å². The Bertz CT molecular complexity index is 251. The third-order valence-electron chi connectivity index (χ3n) is 5.52. The molecule has 15 heavy (non-hydrogen) atoms. The molecule has 2 aliphatic rings. The van der Waals surface area contributed by atoms with E-state index in [4.69, 9.17) is 0 Å². The molecule has 2 saturated carbocycles. The van der Waals surface area contributed by atoms with Crippen molar-refractivity contribution in [1.82, 2.24) is 0 Å². The van der Waals surface area contributed by atoms with Crippen LogP contribution in [0.15, 0.2) is 0 Å². The first-order chi connectivity index (χ1) is 6.82. The van der Waals surface area contributed by atoms with E-state index in [1.54, 1.807) is 0 Å². The van der Waals surface area contributed by atoms with E-state index in [9.17, 15) is 0 Å². The lowest BCUT2D eigenvalue weighted by atomic mass is 9.65. The van der Waals surface area contributed by atoms with Crippen molar-refractivity contribution in [2.75, 3.05) is 0 Å². The van der Waals surface area contributed by atoms with E-state index >= 15 is 0 Å². The minimum Gasteiger partial charge on any atom is -0.0628 e. The van der Waals surface area contributed by atoms with Crippen LogP contribution in [0, 0.1) is 34.5 Å². The third-order valence-corrected chi connectivity index (χ3v) is 5.52. The van der Waals surface area contributed by atoms with Crippen molar-refractivity contribution < 1.29 is 0 Å². The molecule has 0 amide bonds. The molecular weight excluding hydrogens is 180 g/mol. The maximum absolute atomic E-state index is 2.51. The standard InChI is InChI=1S/C15H28/c1-10(2)9-14(5,6)13-12(4)15(13)8-7-11(15)3/h10-13H,7-9H2,1-6H3. The van der Waals surface area contributed by atoms with Crippen LogP contribution in [0.2, 0.25) is 0 Å². The molecule has 88 valence electrons. The van der Waals surface area contributed by atoms with Crippen LogP contribution < -0.4 is 0 Å². The first kappa shape index (κ1) is 11.5. The molecule has 0 bridgehead atoms. The fourth-order valence-electron chi connectivity index (χ4n) is 5.14. The van der Waals surface area contributed by atoms with Gasteiger partial charge in [-0.3, -0.25) is 0 Å². The SMILES string of the molecule is CC(C)CC(C)(C)C1C(C)C12CCC2C. The predicted molar refractivity (Wildman–Crippen MR) is 66.7 cm³/mol. The molecule has 0 aromatic heterocycles. The van der Waals surface area contributed by atoms with E-state index in [0.29, 0.717) is 5.41 Å². The summed E-state index contributed by atoms with van der Waals surface area (Å²) in [4.78, 5) is 0. The highest BCUT2D eigenvalue weighted by Crippen LogP contribution is 2.77. The first-order valence-electron chi connectivity index (χ1n) is 6.82. The number of rotatable bonds is 3. The van der Waals surface area contributed by atoms with Crippen LogP contribution >= 0.6 is 0 Å². The Balaban J connectivity index is 2.07. The zero-order valence-corrected chi connectivity index (χ0v) is 11.4. The Morgan fingerprint density at radius 1 is 1.27 bits per heavy atom. The van der Waals surface area contributed by atoms with E-state index in [-0.39, 0.29) is 0 Å². The van der Waals surface area contributed by atoms with Crippen LogP contribution in [0.5, 0.6) is 0 Å². The summed E-state index contributed by atoms with van der Waals surface area (Å²) in [6, 6.07) is 0. The van der Waals surface area contributed by atoms with Gasteiger partial charge in [-0.1, -0.05) is 41.5 Å². The van der Waals surface area contributed by atoms with Gasteiger partial charge >= 0.3 is 0 Å². The minimum absolute atomic E-state index is 0.572. The molecule has 0 saturated heterocycles. The molecule has 2 fully saturated rings. The quantitative estimate of drug-likeness (QED) is 0.628. The molecule has 1 spiro atoms. The van der Waals surface area contributed by atoms with Gasteiger partial charge in [-0.25, -0.2) is 0 Å². The summed E-state index contributed by atoms with van der Waals surface area (Å²) in [6.07, 6.45) is 4.40. The predicted octanol–water partition coefficient (Wildman–Crippen LogP) is 4.74. The lowest BCUT2D eigenvalue weighted by Crippen LogP contribution is -2.32. The summed E-state index contributed by atoms with van der Waals surface area (Å²) in [5.74, 6) is 3.86. The lowest BCUT2D eigenvalue weighted by molar-refractivity contribution is 0.0915. The molecule has 0 aliphatic heterocycles. The molecule has 2 rings (SSSR count). The van der Waals surface area contributed by atoms with Gasteiger partial charge in [-0.05, 0) is 53.8 Å². The van der Waals surface area contributed by atoms with Crippen LogP contribution in [0.4, 0.5) is 0 Å². The number of hydrogen-bond donors (Lipinski definition) is 0. The average Bonchev–Trinajstić information content (AvgIpc) is 2.70. The largest absolute Gasteiger partial charge is 0.0628 e. The maximum Gasteiger partial charge on any atom is -0.0207 e. The van der Waals surface area contributed by atoms with E-state index < -0.39 is 0 Å². The normalized spacial score (nSPS) is 44.6. The van der Waals surface area contributed by atoms with Gasteiger partial charge in [0.2, 0.25) is 0 Å². The van der Waals surface area contributed by atoms with Crippen molar-refractivity contribution >= 4 is 0 Å². The zero-order valence-electron chi connectivity index (χ0n) is 11.4. The van der Waals surface area contributed by atoms with E-state index in [0.717, 1.165) is 29.1 Å². The van der Waals surface area contributed by atoms with Crippen molar-refractivity contribution in [1.29, 1.82) is 0 Å². The molecule has 2 aliphatic carbocycles. The van der Waals surface area contributed by atoms with Crippen molar-refractivity contribution in [3.05, 3.63) is 0 Å². The molecule has 4 unspecified atom stereocenters. The Labute approximate surface area is 95.8 Å². The summed E-state index contributed by atoms with van der Waals surface area (Å²) in [5, 5.41) is 0. The van der Waals surface area contributed by atoms with Crippen molar-refractivity contribution in [3.63, 3.8) is 0 Å². The van der Waals surface area contributed by atoms with E-state index in [1.807, 2.05) is 0 Å². The van der Waals surface area contributed by atoms with Crippen LogP contribution in [-0.2, 0) is 0 Å². The summed E-state index contributed by atoms with van der Waals surface area (Å²) < 4.78 is 0. The van der Waals surface area contributed by atoms with Crippen LogP contribution in [0.1, 0.15) is 60.8 Å². The highest BCUT2D eigenvalue weighted by atomic mass is 14.8. The number of hydrogen-bond acceptors (Lipinski definition) is 0. The van der Waals surface area contributed by atoms with E-state index in [1.165, 1.54) is 19.3 Å². The van der Waals surface area contributed by atoms with Gasteiger partial charge in [-0.2, -0.15) is 0 Å². The summed E-state index contributed by atoms with van der Waals surface area (Å²) >= 11 is 0. The summed E-state index contributed by atoms with van der Waals surface area (Å²) in [7, 11) is 0. The zero-order chi connectivity index (χ0) is 11.4. The molecule has 0 radical (unpaired) electrons. The molecule has 0 heterocycles. The van der Waals surface area contributed by atoms with Crippen LogP contribution in [0.3, 0.4) is 0 Å². The second-order valence-corrected chi connectivity index (χ2v) is 7.40. The van der Waals surface area contributed by atoms with Gasteiger partial charge in [0.15, 0.2) is 0 Å². The summed E-state index contributed by atoms with van der Waals surface area (Å²) in [5.41, 5.74) is 1.35. The second kappa shape index (κ2) is 3.25. The van der Waals surface area contributed by atoms with Crippen molar-refractivity contribution in [2.24, 2.45) is 34.5 Å². The van der Waals surface area contributed by atoms with Crippen molar-refractivity contribution in [3.8, 4) is 0 Å². The summed E-state index contributed by atoms with van der Waals surface area (Å²) in [6.45, 7) is 14.7. The molecule has 0 aromatic rings. The van der Waals surface area contributed by atoms with Gasteiger partial charge in [0.25, 0.3) is 0 Å². The molecule has 0 heteroatoms. The first-order valence-corrected chi connectivity index (χ1v) is 6.82. The Hall–Kier alpha value is 0. The smallest absolute Gasteiger partial charge is 0.0207 e. The second-order valence-electron chi connectivity index (χ2n) is 7.40. The molecule has 0 nitrogen and oxygen atoms in total. The average molecular weight is 208 g/mol. The van der Waals surface area contributed by atoms with E-state index in [2.05, 4.69) is 41.5 Å². The Kier molecular flexibility index (Phi) is 2.48. The molecule has 4 atom stereocenters. The lowest BCUT2D eigenvalue weighted by Gasteiger charge is -2.40. The fraction of sp³-hybridized carbons (Fsp3) is 1.00. The van der Waals surface area contributed by atoms with Crippen LogP contribution in [-0.4, -0.2) is 0 Å². The Morgan fingerprint density at radius 2 is 1.87 bits per heavy atom. The molecule has 0 N–H and O–H groups in total. The minimum atomic E-state index is 0.572. The van der Waals surface area contributed by atoms with Gasteiger partial charge in [0.05, 0.1) is 0 Å². The monoisotopic (exact) mass is 208 g/mol. The fourth-order valence-corrected chi connectivity index (χ4v) is 5.14. The highest BCUT2D eigenvalue weighted by Gasteiger charge is 2.71. The molecule has 0 aromatic carbocycles.